The van der Waals surface area contributed by atoms with Gasteiger partial charge in [0.1, 0.15) is 0 Å². The molecule has 0 radical (unpaired) electrons. The van der Waals surface area contributed by atoms with E-state index in [1.165, 1.54) is 0 Å². The molecule has 0 fully saturated rings. The molecule has 56 heavy (non-hydrogen) atoms. The Hall–Kier alpha value is -7.38. The van der Waals surface area contributed by atoms with Crippen LogP contribution < -0.4 is 16.3 Å². The average Bonchev–Trinajstić information content (AvgIpc) is 3.25. The molecule has 2 atom stereocenters. The van der Waals surface area contributed by atoms with Crippen LogP contribution in [-0.4, -0.2) is 24.9 Å². The number of nitrogen functional groups attached to an aromatic ring is 1. The van der Waals surface area contributed by atoms with Crippen molar-refractivity contribution in [3.8, 4) is 33.8 Å². The van der Waals surface area contributed by atoms with Gasteiger partial charge < -0.3 is 5.73 Å². The number of aromatic nitrogens is 5. The topological polar surface area (TPSA) is 103 Å². The summed E-state index contributed by atoms with van der Waals surface area (Å²) in [4.78, 5) is 30.3. The largest absolute Gasteiger partial charge is 0.399 e. The maximum atomic E-state index is 6.62. The molecular weight excluding hydrogens is 687 g/mol. The van der Waals surface area contributed by atoms with Gasteiger partial charge in [0.25, 0.3) is 0 Å². The van der Waals surface area contributed by atoms with Gasteiger partial charge in [-0.2, -0.15) is 0 Å². The van der Waals surface area contributed by atoms with Gasteiger partial charge in [0, 0.05) is 67.6 Å². The van der Waals surface area contributed by atoms with E-state index < -0.39 is 0 Å². The van der Waals surface area contributed by atoms with Gasteiger partial charge in [-0.1, -0.05) is 97.9 Å². The minimum Gasteiger partial charge on any atom is -0.399 e. The molecule has 0 saturated carbocycles. The molecule has 0 amide bonds. The van der Waals surface area contributed by atoms with E-state index in [2.05, 4.69) is 138 Å². The Morgan fingerprint density at radius 1 is 0.464 bits per heavy atom. The number of rotatable bonds is 4. The third-order valence-electron chi connectivity index (χ3n) is 11.0. The number of nitrogens with two attached hydrogens (primary N) is 1. The molecule has 0 saturated heterocycles. The van der Waals surface area contributed by atoms with E-state index in [4.69, 9.17) is 25.7 Å². The van der Waals surface area contributed by atoms with Crippen LogP contribution >= 0.6 is 0 Å². The summed E-state index contributed by atoms with van der Waals surface area (Å²) < 4.78 is 0. The number of pyridine rings is 5. The Morgan fingerprint density at radius 3 is 1.61 bits per heavy atom. The van der Waals surface area contributed by atoms with Crippen molar-refractivity contribution in [3.05, 3.63) is 168 Å². The predicted molar refractivity (Wildman–Crippen MR) is 227 cm³/mol. The molecule has 1 aliphatic heterocycles. The molecule has 10 aromatic rings. The zero-order valence-corrected chi connectivity index (χ0v) is 30.4. The van der Waals surface area contributed by atoms with Gasteiger partial charge in [-0.25, -0.2) is 15.0 Å². The van der Waals surface area contributed by atoms with Crippen molar-refractivity contribution in [1.29, 1.82) is 0 Å². The van der Waals surface area contributed by atoms with Crippen LogP contribution in [-0.2, 0) is 0 Å². The molecule has 2 unspecified atom stereocenters. The summed E-state index contributed by atoms with van der Waals surface area (Å²) in [5.41, 5.74) is 18.4. The summed E-state index contributed by atoms with van der Waals surface area (Å²) in [5, 5.41) is 7.27. The Labute approximate surface area is 321 Å². The lowest BCUT2D eigenvalue weighted by Crippen LogP contribution is -2.33. The molecule has 5 aromatic carbocycles. The van der Waals surface area contributed by atoms with Crippen molar-refractivity contribution in [2.24, 2.45) is 10.9 Å². The normalized spacial score (nSPS) is 15.2. The van der Waals surface area contributed by atoms with Crippen molar-refractivity contribution in [2.45, 2.75) is 13.0 Å². The first-order valence-electron chi connectivity index (χ1n) is 18.8. The highest BCUT2D eigenvalue weighted by Gasteiger charge is 2.22. The number of fused-ring (bicyclic) bond motifs is 9. The molecule has 264 valence electrons. The van der Waals surface area contributed by atoms with Gasteiger partial charge in [-0.15, -0.1) is 0 Å². The summed E-state index contributed by atoms with van der Waals surface area (Å²) in [7, 11) is 0. The van der Waals surface area contributed by atoms with E-state index in [-0.39, 0.29) is 12.0 Å². The van der Waals surface area contributed by atoms with Crippen molar-refractivity contribution < 1.29 is 0 Å². The third-order valence-corrected chi connectivity index (χ3v) is 11.0. The molecule has 0 bridgehead atoms. The predicted octanol–water partition coefficient (Wildman–Crippen LogP) is 9.80. The summed E-state index contributed by atoms with van der Waals surface area (Å²) >= 11 is 0. The first-order valence-corrected chi connectivity index (χ1v) is 18.8. The van der Waals surface area contributed by atoms with Crippen LogP contribution in [0.1, 0.15) is 18.5 Å². The number of hydrogen-bond donors (Lipinski definition) is 1. The van der Waals surface area contributed by atoms with Crippen molar-refractivity contribution in [1.82, 2.24) is 24.9 Å². The van der Waals surface area contributed by atoms with E-state index in [9.17, 15) is 0 Å². The van der Waals surface area contributed by atoms with Crippen LogP contribution in [0.3, 0.4) is 0 Å². The van der Waals surface area contributed by atoms with E-state index >= 15 is 0 Å². The van der Waals surface area contributed by atoms with E-state index in [1.54, 1.807) is 0 Å². The molecule has 0 spiro atoms. The van der Waals surface area contributed by atoms with Gasteiger partial charge >= 0.3 is 0 Å². The van der Waals surface area contributed by atoms with Gasteiger partial charge in [-0.05, 0) is 65.4 Å². The number of anilines is 1. The second kappa shape index (κ2) is 12.6. The Balaban J connectivity index is 0.993. The summed E-state index contributed by atoms with van der Waals surface area (Å²) in [6.07, 6.45) is 5.94. The van der Waals surface area contributed by atoms with Gasteiger partial charge in [0.15, 0.2) is 0 Å². The fourth-order valence-corrected chi connectivity index (χ4v) is 8.23. The van der Waals surface area contributed by atoms with Gasteiger partial charge in [-0.3, -0.25) is 15.0 Å². The van der Waals surface area contributed by atoms with Crippen LogP contribution in [0.4, 0.5) is 5.69 Å². The lowest BCUT2D eigenvalue weighted by Gasteiger charge is -2.22. The monoisotopic (exact) mass is 719 g/mol. The van der Waals surface area contributed by atoms with Crippen LogP contribution in [0.15, 0.2) is 157 Å². The molecule has 0 aliphatic carbocycles. The smallest absolute Gasteiger partial charge is 0.0972 e. The molecule has 11 rings (SSSR count). The standard InChI is InChI=1S/C49H33N7/c1-28-23-36-14-13-33-16-19-41(35-6-2-5-34(24-35)40-18-15-31-11-9-29-7-3-21-51-44(29)46(31)53-40)54-48(33)49(36)56-43(28)38-25-37(26-39(50)27-38)42-20-17-32-12-10-30-8-4-22-52-45(30)47(32)55-42/h2-28,43H,50H2,1H3. The van der Waals surface area contributed by atoms with Crippen LogP contribution in [0.2, 0.25) is 0 Å². The molecule has 5 aromatic heterocycles. The maximum absolute atomic E-state index is 6.62. The SMILES string of the molecule is CC1C=c2ccc3ccc(-c4cccc(-c5ccc6ccc7cccnc7c6n5)c4)nc3c2=NC1c1cc(N)cc(-c2ccc3ccc4cccnc4c3n2)c1. The molecule has 1 aliphatic rings. The van der Waals surface area contributed by atoms with Crippen LogP contribution in [0, 0.1) is 5.92 Å². The van der Waals surface area contributed by atoms with Crippen molar-refractivity contribution in [3.63, 3.8) is 0 Å². The second-order valence-corrected chi connectivity index (χ2v) is 14.7. The summed E-state index contributed by atoms with van der Waals surface area (Å²) in [5.74, 6) is 0.133. The highest BCUT2D eigenvalue weighted by atomic mass is 14.8. The van der Waals surface area contributed by atoms with Crippen LogP contribution in [0.5, 0.6) is 0 Å². The fourth-order valence-electron chi connectivity index (χ4n) is 8.23. The number of benzene rings is 5. The minimum absolute atomic E-state index is 0.133. The molecule has 6 heterocycles. The Bertz CT molecular complexity index is 3380. The molecule has 2 N–H and O–H groups in total. The average molecular weight is 720 g/mol. The zero-order valence-electron chi connectivity index (χ0n) is 30.4. The first kappa shape index (κ1) is 32.1. The molecular formula is C49H33N7. The second-order valence-electron chi connectivity index (χ2n) is 14.7. The fraction of sp³-hybridized carbons (Fsp3) is 0.0612. The zero-order chi connectivity index (χ0) is 37.3. The quantitative estimate of drug-likeness (QED) is 0.144. The van der Waals surface area contributed by atoms with Gasteiger partial charge in [0.2, 0.25) is 0 Å². The maximum Gasteiger partial charge on any atom is 0.0972 e. The minimum atomic E-state index is -0.156. The van der Waals surface area contributed by atoms with Crippen LogP contribution in [0.25, 0.3) is 94.4 Å². The molecule has 7 heteroatoms. The van der Waals surface area contributed by atoms with E-state index in [0.717, 1.165) is 104 Å². The summed E-state index contributed by atoms with van der Waals surface area (Å²) in [6, 6.07) is 47.8. The third kappa shape index (κ3) is 5.35. The van der Waals surface area contributed by atoms with E-state index in [1.807, 2.05) is 36.7 Å². The highest BCUT2D eigenvalue weighted by Crippen LogP contribution is 2.35. The van der Waals surface area contributed by atoms with Gasteiger partial charge in [0.05, 0.1) is 56.1 Å². The Morgan fingerprint density at radius 2 is 0.982 bits per heavy atom. The van der Waals surface area contributed by atoms with Crippen molar-refractivity contribution >= 4 is 66.3 Å². The van der Waals surface area contributed by atoms with E-state index in [0.29, 0.717) is 5.69 Å². The Kier molecular flexibility index (Phi) is 7.22. The number of hydrogen-bond acceptors (Lipinski definition) is 7. The van der Waals surface area contributed by atoms with Crippen molar-refractivity contribution in [2.75, 3.05) is 5.73 Å². The first-order chi connectivity index (χ1) is 27.5. The summed E-state index contributed by atoms with van der Waals surface area (Å²) in [6.45, 7) is 2.21. The lowest BCUT2D eigenvalue weighted by molar-refractivity contribution is 0.572. The number of nitrogens with zero attached hydrogens (tertiary/aromatic N) is 6. The highest BCUT2D eigenvalue weighted by molar-refractivity contribution is 6.04. The lowest BCUT2D eigenvalue weighted by atomic mass is 9.90. The molecule has 7 nitrogen and oxygen atoms in total.